The molecular formula is C19H28O3. The lowest BCUT2D eigenvalue weighted by Gasteiger charge is -2.61. The molecule has 4 fully saturated rings. The van der Waals surface area contributed by atoms with Crippen LogP contribution in [0.3, 0.4) is 0 Å². The van der Waals surface area contributed by atoms with Crippen LogP contribution in [0.2, 0.25) is 0 Å². The molecule has 0 spiro atoms. The zero-order chi connectivity index (χ0) is 15.8. The molecule has 0 unspecified atom stereocenters. The van der Waals surface area contributed by atoms with Crippen LogP contribution in [-0.4, -0.2) is 22.3 Å². The predicted octanol–water partition coefficient (Wildman–Crippen LogP) is 3.28. The standard InChI is InChI=1S/C19H28O3/c1-17-8-5-13(20)11-12(17)3-4-15-14(17)6-9-18(2)16(21)7-10-19(15,18)22/h12,14-15,22H,3-11H2,1-2H3/t12-,14-,15+,17+,18-,19+/m0/s1. The summed E-state index contributed by atoms with van der Waals surface area (Å²) in [6.07, 6.45) is 7.58. The van der Waals surface area contributed by atoms with E-state index in [9.17, 15) is 14.7 Å². The quantitative estimate of drug-likeness (QED) is 0.747. The average molecular weight is 304 g/mol. The second-order valence-electron chi connectivity index (χ2n) is 8.95. The molecule has 3 nitrogen and oxygen atoms in total. The van der Waals surface area contributed by atoms with Crippen molar-refractivity contribution in [3.63, 3.8) is 0 Å². The normalized spacial score (nSPS) is 54.6. The topological polar surface area (TPSA) is 54.4 Å². The molecule has 0 aromatic rings. The number of Topliss-reactive ketones (excluding diaryl/α,β-unsaturated/α-hetero) is 2. The first-order valence-corrected chi connectivity index (χ1v) is 9.09. The van der Waals surface area contributed by atoms with Gasteiger partial charge in [0, 0.05) is 19.3 Å². The summed E-state index contributed by atoms with van der Waals surface area (Å²) in [5.41, 5.74) is -1.11. The number of fused-ring (bicyclic) bond motifs is 5. The van der Waals surface area contributed by atoms with Crippen molar-refractivity contribution in [3.05, 3.63) is 0 Å². The molecule has 0 amide bonds. The lowest BCUT2D eigenvalue weighted by molar-refractivity contribution is -0.197. The van der Waals surface area contributed by atoms with Gasteiger partial charge in [0.1, 0.15) is 11.6 Å². The van der Waals surface area contributed by atoms with Crippen LogP contribution in [0.15, 0.2) is 0 Å². The van der Waals surface area contributed by atoms with Crippen molar-refractivity contribution in [2.75, 3.05) is 0 Å². The molecule has 0 aromatic heterocycles. The summed E-state index contributed by atoms with van der Waals surface area (Å²) in [6, 6.07) is 0. The van der Waals surface area contributed by atoms with Gasteiger partial charge in [0.15, 0.2) is 0 Å². The summed E-state index contributed by atoms with van der Waals surface area (Å²) in [5.74, 6) is 1.95. The van der Waals surface area contributed by atoms with E-state index in [2.05, 4.69) is 6.92 Å². The Morgan fingerprint density at radius 1 is 0.955 bits per heavy atom. The van der Waals surface area contributed by atoms with Crippen LogP contribution in [0.1, 0.15) is 71.6 Å². The van der Waals surface area contributed by atoms with Crippen molar-refractivity contribution in [3.8, 4) is 0 Å². The molecule has 0 bridgehead atoms. The van der Waals surface area contributed by atoms with Gasteiger partial charge in [-0.15, -0.1) is 0 Å². The highest BCUT2D eigenvalue weighted by atomic mass is 16.3. The van der Waals surface area contributed by atoms with E-state index in [4.69, 9.17) is 0 Å². The molecule has 0 aliphatic heterocycles. The second kappa shape index (κ2) is 4.43. The maximum atomic E-state index is 12.4. The Hall–Kier alpha value is -0.700. The van der Waals surface area contributed by atoms with E-state index in [1.165, 1.54) is 0 Å². The van der Waals surface area contributed by atoms with Crippen LogP contribution in [0, 0.1) is 28.6 Å². The van der Waals surface area contributed by atoms with E-state index in [-0.39, 0.29) is 17.1 Å². The van der Waals surface area contributed by atoms with Crippen molar-refractivity contribution in [1.82, 2.24) is 0 Å². The van der Waals surface area contributed by atoms with E-state index in [0.29, 0.717) is 36.9 Å². The number of ketones is 2. The third kappa shape index (κ3) is 1.61. The van der Waals surface area contributed by atoms with Crippen LogP contribution in [0.25, 0.3) is 0 Å². The van der Waals surface area contributed by atoms with Gasteiger partial charge in [-0.05, 0) is 68.6 Å². The van der Waals surface area contributed by atoms with Gasteiger partial charge >= 0.3 is 0 Å². The minimum atomic E-state index is -0.789. The number of rotatable bonds is 0. The summed E-state index contributed by atoms with van der Waals surface area (Å²) < 4.78 is 0. The zero-order valence-corrected chi connectivity index (χ0v) is 13.9. The fraction of sp³-hybridized carbons (Fsp3) is 0.895. The van der Waals surface area contributed by atoms with Gasteiger partial charge in [0.05, 0.1) is 11.0 Å². The van der Waals surface area contributed by atoms with E-state index in [0.717, 1.165) is 38.5 Å². The van der Waals surface area contributed by atoms with Gasteiger partial charge in [-0.25, -0.2) is 0 Å². The molecule has 6 atom stereocenters. The van der Waals surface area contributed by atoms with E-state index in [1.54, 1.807) is 0 Å². The Balaban J connectivity index is 1.71. The minimum Gasteiger partial charge on any atom is -0.389 e. The van der Waals surface area contributed by atoms with Gasteiger partial charge in [-0.1, -0.05) is 6.92 Å². The molecule has 4 saturated carbocycles. The fourth-order valence-electron chi connectivity index (χ4n) is 6.78. The summed E-state index contributed by atoms with van der Waals surface area (Å²) in [6.45, 7) is 4.38. The third-order valence-corrected chi connectivity index (χ3v) is 8.38. The Morgan fingerprint density at radius 3 is 2.50 bits per heavy atom. The predicted molar refractivity (Wildman–Crippen MR) is 83.2 cm³/mol. The molecule has 22 heavy (non-hydrogen) atoms. The van der Waals surface area contributed by atoms with Gasteiger partial charge in [-0.3, -0.25) is 9.59 Å². The van der Waals surface area contributed by atoms with E-state index < -0.39 is 11.0 Å². The maximum Gasteiger partial charge on any atom is 0.141 e. The lowest BCUT2D eigenvalue weighted by Crippen LogP contribution is -2.62. The van der Waals surface area contributed by atoms with Crippen molar-refractivity contribution >= 4 is 11.6 Å². The van der Waals surface area contributed by atoms with Crippen molar-refractivity contribution in [2.24, 2.45) is 28.6 Å². The molecular weight excluding hydrogens is 276 g/mol. The molecule has 0 aromatic carbocycles. The first kappa shape index (κ1) is 14.9. The van der Waals surface area contributed by atoms with Crippen LogP contribution in [0.5, 0.6) is 0 Å². The van der Waals surface area contributed by atoms with Crippen LogP contribution in [0.4, 0.5) is 0 Å². The van der Waals surface area contributed by atoms with Gasteiger partial charge < -0.3 is 5.11 Å². The second-order valence-corrected chi connectivity index (χ2v) is 8.95. The average Bonchev–Trinajstić information content (AvgIpc) is 2.72. The molecule has 4 aliphatic rings. The Bertz CT molecular complexity index is 541. The number of carbonyl (C=O) groups is 2. The lowest BCUT2D eigenvalue weighted by atomic mass is 9.44. The molecule has 122 valence electrons. The first-order chi connectivity index (χ1) is 10.3. The van der Waals surface area contributed by atoms with E-state index in [1.807, 2.05) is 6.92 Å². The first-order valence-electron chi connectivity index (χ1n) is 9.09. The molecule has 1 N–H and O–H groups in total. The largest absolute Gasteiger partial charge is 0.389 e. The highest BCUT2D eigenvalue weighted by Crippen LogP contribution is 2.66. The van der Waals surface area contributed by atoms with Crippen LogP contribution >= 0.6 is 0 Å². The summed E-state index contributed by atoms with van der Waals surface area (Å²) >= 11 is 0. The van der Waals surface area contributed by atoms with Crippen molar-refractivity contribution in [2.45, 2.75) is 77.2 Å². The monoisotopic (exact) mass is 304 g/mol. The molecule has 4 rings (SSSR count). The number of hydrogen-bond donors (Lipinski definition) is 1. The molecule has 3 heteroatoms. The van der Waals surface area contributed by atoms with Crippen molar-refractivity contribution < 1.29 is 14.7 Å². The summed E-state index contributed by atoms with van der Waals surface area (Å²) in [5, 5.41) is 11.5. The summed E-state index contributed by atoms with van der Waals surface area (Å²) in [4.78, 5) is 24.3. The van der Waals surface area contributed by atoms with Crippen LogP contribution < -0.4 is 0 Å². The van der Waals surface area contributed by atoms with Gasteiger partial charge in [0.25, 0.3) is 0 Å². The Kier molecular flexibility index (Phi) is 3.00. The molecule has 0 heterocycles. The number of carbonyl (C=O) groups excluding carboxylic acids is 2. The van der Waals surface area contributed by atoms with Crippen LogP contribution in [-0.2, 0) is 9.59 Å². The van der Waals surface area contributed by atoms with Crippen molar-refractivity contribution in [1.29, 1.82) is 0 Å². The smallest absolute Gasteiger partial charge is 0.141 e. The third-order valence-electron chi connectivity index (χ3n) is 8.38. The zero-order valence-electron chi connectivity index (χ0n) is 13.9. The van der Waals surface area contributed by atoms with Gasteiger partial charge in [0.2, 0.25) is 0 Å². The molecule has 0 radical (unpaired) electrons. The molecule has 0 saturated heterocycles. The minimum absolute atomic E-state index is 0.194. The highest BCUT2D eigenvalue weighted by Gasteiger charge is 2.67. The SMILES string of the molecule is C[C@@]12CCC(=O)C[C@@H]1CC[C@@H]1[C@@H]2CC[C@@]2(C)C(=O)CC[C@@]12O. The Labute approximate surface area is 132 Å². The number of aliphatic hydroxyl groups is 1. The molecule has 4 aliphatic carbocycles. The maximum absolute atomic E-state index is 12.4. The highest BCUT2D eigenvalue weighted by molar-refractivity contribution is 5.88. The van der Waals surface area contributed by atoms with Gasteiger partial charge in [-0.2, -0.15) is 0 Å². The Morgan fingerprint density at radius 2 is 1.73 bits per heavy atom. The summed E-state index contributed by atoms with van der Waals surface area (Å²) in [7, 11) is 0. The number of hydrogen-bond acceptors (Lipinski definition) is 3. The van der Waals surface area contributed by atoms with E-state index >= 15 is 0 Å². The fourth-order valence-corrected chi connectivity index (χ4v) is 6.78.